The van der Waals surface area contributed by atoms with E-state index in [0.717, 1.165) is 0 Å². The Kier molecular flexibility index (Phi) is 4.19. The van der Waals surface area contributed by atoms with Crippen molar-refractivity contribution in [2.75, 3.05) is 0 Å². The van der Waals surface area contributed by atoms with Crippen LogP contribution in [0.4, 0.5) is 0 Å². The van der Waals surface area contributed by atoms with E-state index >= 15 is 0 Å². The van der Waals surface area contributed by atoms with Gasteiger partial charge in [-0.1, -0.05) is 0 Å². The first-order valence-corrected chi connectivity index (χ1v) is 6.69. The highest BCUT2D eigenvalue weighted by Crippen LogP contribution is 2.32. The van der Waals surface area contributed by atoms with Gasteiger partial charge in [0.1, 0.15) is 0 Å². The number of hydrazine groups is 2. The van der Waals surface area contributed by atoms with Crippen molar-refractivity contribution in [2.24, 2.45) is 11.8 Å². The standard InChI is InChI=1S/C12H22N4O2/c1-7(9-3-4-9)13-15-11(17)12(18)16-14-8(2)10-5-6-10/h7-10,13-14H,3-6H2,1-2H3,(H,15,17)(H,16,18). The summed E-state index contributed by atoms with van der Waals surface area (Å²) >= 11 is 0. The summed E-state index contributed by atoms with van der Waals surface area (Å²) in [6.45, 7) is 4.01. The highest BCUT2D eigenvalue weighted by molar-refractivity contribution is 6.34. The molecule has 2 saturated carbocycles. The summed E-state index contributed by atoms with van der Waals surface area (Å²) in [5.74, 6) is -0.0567. The van der Waals surface area contributed by atoms with Crippen LogP contribution >= 0.6 is 0 Å². The summed E-state index contributed by atoms with van der Waals surface area (Å²) in [5.41, 5.74) is 10.6. The highest BCUT2D eigenvalue weighted by Gasteiger charge is 2.29. The van der Waals surface area contributed by atoms with Crippen LogP contribution < -0.4 is 21.7 Å². The largest absolute Gasteiger partial charge is 0.324 e. The van der Waals surface area contributed by atoms with E-state index in [-0.39, 0.29) is 12.1 Å². The summed E-state index contributed by atoms with van der Waals surface area (Å²) in [5, 5.41) is 0. The minimum atomic E-state index is -0.655. The maximum absolute atomic E-state index is 11.5. The molecular weight excluding hydrogens is 232 g/mol. The molecule has 2 atom stereocenters. The second-order valence-corrected chi connectivity index (χ2v) is 5.45. The Hall–Kier alpha value is -1.14. The minimum Gasteiger partial charge on any atom is -0.283 e. The molecule has 2 aliphatic rings. The molecule has 0 aromatic rings. The quantitative estimate of drug-likeness (QED) is 0.392. The monoisotopic (exact) mass is 254 g/mol. The van der Waals surface area contributed by atoms with Crippen molar-refractivity contribution in [1.29, 1.82) is 0 Å². The van der Waals surface area contributed by atoms with Gasteiger partial charge in [0, 0.05) is 12.1 Å². The minimum absolute atomic E-state index is 0.222. The average Bonchev–Trinajstić information content (AvgIpc) is 3.19. The van der Waals surface area contributed by atoms with Crippen LogP contribution in [0.5, 0.6) is 0 Å². The third-order valence-electron chi connectivity index (χ3n) is 3.69. The lowest BCUT2D eigenvalue weighted by Gasteiger charge is -2.15. The highest BCUT2D eigenvalue weighted by atomic mass is 16.2. The van der Waals surface area contributed by atoms with Crippen molar-refractivity contribution < 1.29 is 9.59 Å². The van der Waals surface area contributed by atoms with Crippen molar-refractivity contribution in [3.8, 4) is 0 Å². The van der Waals surface area contributed by atoms with Gasteiger partial charge in [0.25, 0.3) is 0 Å². The molecule has 102 valence electrons. The van der Waals surface area contributed by atoms with Gasteiger partial charge in [-0.05, 0) is 51.4 Å². The second-order valence-electron chi connectivity index (χ2n) is 5.45. The molecule has 0 aromatic heterocycles. The summed E-state index contributed by atoms with van der Waals surface area (Å²) < 4.78 is 0. The van der Waals surface area contributed by atoms with Crippen molar-refractivity contribution in [3.05, 3.63) is 0 Å². The molecule has 0 aromatic carbocycles. The first-order chi connectivity index (χ1) is 8.58. The van der Waals surface area contributed by atoms with Gasteiger partial charge in [-0.15, -0.1) is 0 Å². The van der Waals surface area contributed by atoms with E-state index in [1.165, 1.54) is 25.7 Å². The number of amides is 2. The van der Waals surface area contributed by atoms with Crippen LogP contribution in [0.1, 0.15) is 39.5 Å². The van der Waals surface area contributed by atoms with Crippen LogP contribution in [-0.2, 0) is 9.59 Å². The molecule has 0 spiro atoms. The Morgan fingerprint density at radius 1 is 0.833 bits per heavy atom. The fraction of sp³-hybridized carbons (Fsp3) is 0.833. The molecule has 2 fully saturated rings. The van der Waals surface area contributed by atoms with E-state index in [2.05, 4.69) is 21.7 Å². The Labute approximate surface area is 107 Å². The normalized spacial score (nSPS) is 22.1. The lowest BCUT2D eigenvalue weighted by atomic mass is 10.2. The molecule has 0 saturated heterocycles. The number of nitrogens with one attached hydrogen (secondary N) is 4. The van der Waals surface area contributed by atoms with E-state index in [1.54, 1.807) is 0 Å². The Bertz CT molecular complexity index is 294. The Morgan fingerprint density at radius 2 is 1.17 bits per heavy atom. The lowest BCUT2D eigenvalue weighted by molar-refractivity contribution is -0.140. The molecule has 0 radical (unpaired) electrons. The van der Waals surface area contributed by atoms with Gasteiger partial charge in [0.2, 0.25) is 0 Å². The van der Waals surface area contributed by atoms with Gasteiger partial charge < -0.3 is 0 Å². The van der Waals surface area contributed by atoms with Crippen LogP contribution in [0, 0.1) is 11.8 Å². The SMILES string of the molecule is CC(NNC(=O)C(=O)NNC(C)C1CC1)C1CC1. The van der Waals surface area contributed by atoms with Crippen LogP contribution in [-0.4, -0.2) is 23.9 Å². The number of carbonyl (C=O) groups excluding carboxylic acids is 2. The molecule has 2 aliphatic carbocycles. The van der Waals surface area contributed by atoms with Crippen molar-refractivity contribution in [3.63, 3.8) is 0 Å². The van der Waals surface area contributed by atoms with E-state index in [0.29, 0.717) is 11.8 Å². The third-order valence-corrected chi connectivity index (χ3v) is 3.69. The fourth-order valence-electron chi connectivity index (χ4n) is 1.90. The molecule has 2 amide bonds. The van der Waals surface area contributed by atoms with E-state index < -0.39 is 11.8 Å². The van der Waals surface area contributed by atoms with Crippen molar-refractivity contribution in [2.45, 2.75) is 51.6 Å². The molecule has 2 unspecified atom stereocenters. The van der Waals surface area contributed by atoms with Crippen molar-refractivity contribution in [1.82, 2.24) is 21.7 Å². The fourth-order valence-corrected chi connectivity index (χ4v) is 1.90. The zero-order valence-corrected chi connectivity index (χ0v) is 11.0. The molecule has 4 N–H and O–H groups in total. The maximum Gasteiger partial charge on any atom is 0.324 e. The third kappa shape index (κ3) is 3.96. The van der Waals surface area contributed by atoms with Gasteiger partial charge in [0.15, 0.2) is 0 Å². The zero-order valence-electron chi connectivity index (χ0n) is 11.0. The lowest BCUT2D eigenvalue weighted by Crippen LogP contribution is -2.54. The van der Waals surface area contributed by atoms with Gasteiger partial charge in [-0.25, -0.2) is 10.9 Å². The molecule has 2 rings (SSSR count). The first kappa shape index (κ1) is 13.3. The molecule has 0 aliphatic heterocycles. The number of carbonyl (C=O) groups is 2. The zero-order chi connectivity index (χ0) is 13.1. The van der Waals surface area contributed by atoms with Gasteiger partial charge in [-0.3, -0.25) is 20.4 Å². The van der Waals surface area contributed by atoms with Gasteiger partial charge in [0.05, 0.1) is 0 Å². The predicted octanol–water partition coefficient (Wildman–Crippen LogP) is -0.175. The van der Waals surface area contributed by atoms with Gasteiger partial charge in [-0.2, -0.15) is 0 Å². The number of rotatable bonds is 6. The van der Waals surface area contributed by atoms with Gasteiger partial charge >= 0.3 is 11.8 Å². The molecule has 6 heteroatoms. The van der Waals surface area contributed by atoms with Crippen LogP contribution in [0.25, 0.3) is 0 Å². The topological polar surface area (TPSA) is 82.3 Å². The predicted molar refractivity (Wildman–Crippen MR) is 66.9 cm³/mol. The van der Waals surface area contributed by atoms with Crippen LogP contribution in [0.15, 0.2) is 0 Å². The summed E-state index contributed by atoms with van der Waals surface area (Å²) in [6, 6.07) is 0.445. The molecule has 0 heterocycles. The average molecular weight is 254 g/mol. The van der Waals surface area contributed by atoms with E-state index in [9.17, 15) is 9.59 Å². The summed E-state index contributed by atoms with van der Waals surface area (Å²) in [4.78, 5) is 22.9. The number of hydrogen-bond acceptors (Lipinski definition) is 4. The van der Waals surface area contributed by atoms with Crippen molar-refractivity contribution >= 4 is 11.8 Å². The van der Waals surface area contributed by atoms with E-state index in [1.807, 2.05) is 13.8 Å². The first-order valence-electron chi connectivity index (χ1n) is 6.69. The Morgan fingerprint density at radius 3 is 1.44 bits per heavy atom. The van der Waals surface area contributed by atoms with Crippen LogP contribution in [0.3, 0.4) is 0 Å². The molecule has 18 heavy (non-hydrogen) atoms. The molecular formula is C12H22N4O2. The van der Waals surface area contributed by atoms with E-state index in [4.69, 9.17) is 0 Å². The summed E-state index contributed by atoms with van der Waals surface area (Å²) in [6.07, 6.45) is 4.76. The second kappa shape index (κ2) is 5.67. The molecule has 0 bridgehead atoms. The molecule has 6 nitrogen and oxygen atoms in total. The maximum atomic E-state index is 11.5. The smallest absolute Gasteiger partial charge is 0.283 e. The van der Waals surface area contributed by atoms with Crippen LogP contribution in [0.2, 0.25) is 0 Å². The number of hydrogen-bond donors (Lipinski definition) is 4. The summed E-state index contributed by atoms with van der Waals surface area (Å²) in [7, 11) is 0. The Balaban J connectivity index is 1.59.